The molecular weight excluding hydrogens is 393 g/mol. The Hall–Kier alpha value is -1.97. The molecule has 146 valence electrons. The zero-order chi connectivity index (χ0) is 19.4. The lowest BCUT2D eigenvalue weighted by atomic mass is 10.3. The van der Waals surface area contributed by atoms with Crippen molar-refractivity contribution in [2.45, 2.75) is 24.7 Å². The van der Waals surface area contributed by atoms with Gasteiger partial charge in [0.1, 0.15) is 11.6 Å². The Balaban J connectivity index is 1.57. The first kappa shape index (κ1) is 19.8. The van der Waals surface area contributed by atoms with Crippen LogP contribution in [0.5, 0.6) is 0 Å². The highest BCUT2D eigenvalue weighted by Crippen LogP contribution is 2.20. The summed E-state index contributed by atoms with van der Waals surface area (Å²) in [5.74, 6) is 0.674. The molecule has 1 saturated heterocycles. The van der Waals surface area contributed by atoms with Crippen molar-refractivity contribution in [2.24, 2.45) is 0 Å². The number of hydrogen-bond acceptors (Lipinski definition) is 6. The van der Waals surface area contributed by atoms with Crippen molar-refractivity contribution in [3.05, 3.63) is 40.8 Å². The number of aromatic nitrogens is 2. The quantitative estimate of drug-likeness (QED) is 0.678. The second-order valence-corrected chi connectivity index (χ2v) is 8.46. The molecule has 0 amide bonds. The van der Waals surface area contributed by atoms with Crippen molar-refractivity contribution >= 4 is 33.4 Å². The predicted molar refractivity (Wildman–Crippen MR) is 103 cm³/mol. The molecule has 10 heteroatoms. The van der Waals surface area contributed by atoms with E-state index in [0.29, 0.717) is 12.5 Å². The fourth-order valence-electron chi connectivity index (χ4n) is 2.83. The summed E-state index contributed by atoms with van der Waals surface area (Å²) in [4.78, 5) is 11.0. The minimum absolute atomic E-state index is 0.0861. The van der Waals surface area contributed by atoms with Crippen molar-refractivity contribution in [1.82, 2.24) is 14.7 Å². The van der Waals surface area contributed by atoms with Crippen LogP contribution in [0.25, 0.3) is 0 Å². The molecule has 1 aromatic carbocycles. The lowest BCUT2D eigenvalue weighted by Crippen LogP contribution is -2.29. The maximum atomic E-state index is 13.2. The molecule has 0 saturated carbocycles. The van der Waals surface area contributed by atoms with Gasteiger partial charge in [-0.2, -0.15) is 4.98 Å². The Morgan fingerprint density at radius 3 is 2.63 bits per heavy atom. The molecule has 0 spiro atoms. The van der Waals surface area contributed by atoms with Crippen LogP contribution >= 0.6 is 11.6 Å². The van der Waals surface area contributed by atoms with Crippen molar-refractivity contribution in [1.29, 1.82) is 0 Å². The Kier molecular flexibility index (Phi) is 6.13. The fourth-order valence-corrected chi connectivity index (χ4v) is 4.13. The number of anilines is 2. The van der Waals surface area contributed by atoms with Crippen LogP contribution in [0, 0.1) is 12.7 Å². The average molecular weight is 414 g/mol. The number of aryl methyl sites for hydroxylation is 1. The third-order valence-electron chi connectivity index (χ3n) is 4.17. The van der Waals surface area contributed by atoms with Gasteiger partial charge in [0, 0.05) is 37.9 Å². The highest BCUT2D eigenvalue weighted by atomic mass is 35.5. The summed E-state index contributed by atoms with van der Waals surface area (Å²) in [5.41, 5.74) is 0.843. The van der Waals surface area contributed by atoms with Crippen LogP contribution in [0.3, 0.4) is 0 Å². The molecule has 1 aromatic heterocycles. The van der Waals surface area contributed by atoms with Crippen molar-refractivity contribution in [2.75, 3.05) is 36.4 Å². The normalized spacial score (nSPS) is 14.6. The first-order valence-corrected chi connectivity index (χ1v) is 10.5. The highest BCUT2D eigenvalue weighted by Gasteiger charge is 2.16. The van der Waals surface area contributed by atoms with Gasteiger partial charge < -0.3 is 10.2 Å². The molecule has 3 rings (SSSR count). The van der Waals surface area contributed by atoms with Crippen LogP contribution in [0.15, 0.2) is 29.2 Å². The molecule has 27 heavy (non-hydrogen) atoms. The van der Waals surface area contributed by atoms with Crippen molar-refractivity contribution in [3.63, 3.8) is 0 Å². The summed E-state index contributed by atoms with van der Waals surface area (Å²) in [6.45, 7) is 4.28. The average Bonchev–Trinajstić information content (AvgIpc) is 3.15. The zero-order valence-corrected chi connectivity index (χ0v) is 16.4. The largest absolute Gasteiger partial charge is 0.356 e. The third kappa shape index (κ3) is 5.06. The van der Waals surface area contributed by atoms with E-state index in [2.05, 4.69) is 24.9 Å². The monoisotopic (exact) mass is 413 g/mol. The minimum atomic E-state index is -3.77. The van der Waals surface area contributed by atoms with Gasteiger partial charge in [0.2, 0.25) is 16.0 Å². The fraction of sp³-hybridized carbons (Fsp3) is 0.412. The summed E-state index contributed by atoms with van der Waals surface area (Å²) in [6, 6.07) is 5.22. The Morgan fingerprint density at radius 2 is 1.93 bits per heavy atom. The third-order valence-corrected chi connectivity index (χ3v) is 5.92. The van der Waals surface area contributed by atoms with E-state index in [1.807, 2.05) is 13.0 Å². The number of hydrogen-bond donors (Lipinski definition) is 2. The van der Waals surface area contributed by atoms with Gasteiger partial charge in [-0.3, -0.25) is 0 Å². The van der Waals surface area contributed by atoms with Crippen LogP contribution < -0.4 is 14.9 Å². The molecule has 0 bridgehead atoms. The van der Waals surface area contributed by atoms with E-state index in [4.69, 9.17) is 11.6 Å². The van der Waals surface area contributed by atoms with E-state index in [9.17, 15) is 12.8 Å². The maximum absolute atomic E-state index is 13.2. The van der Waals surface area contributed by atoms with Crippen LogP contribution in [0.2, 0.25) is 5.02 Å². The second-order valence-electron chi connectivity index (χ2n) is 6.29. The lowest BCUT2D eigenvalue weighted by Gasteiger charge is -2.17. The summed E-state index contributed by atoms with van der Waals surface area (Å²) in [6.07, 6.45) is 2.31. The van der Waals surface area contributed by atoms with Gasteiger partial charge in [0.05, 0.1) is 9.92 Å². The molecule has 7 nitrogen and oxygen atoms in total. The number of benzene rings is 1. The van der Waals surface area contributed by atoms with Gasteiger partial charge in [-0.05, 0) is 38.0 Å². The van der Waals surface area contributed by atoms with E-state index in [1.54, 1.807) is 0 Å². The van der Waals surface area contributed by atoms with Crippen molar-refractivity contribution < 1.29 is 12.8 Å². The Bertz CT molecular complexity index is 920. The molecule has 0 unspecified atom stereocenters. The molecule has 1 fully saturated rings. The SMILES string of the molecule is Cc1cc(N2CCCC2)nc(NCCNS(=O)(=O)c2ccc(F)c(Cl)c2)n1. The van der Waals surface area contributed by atoms with E-state index >= 15 is 0 Å². The van der Waals surface area contributed by atoms with E-state index in [1.165, 1.54) is 6.07 Å². The Labute approximate surface area is 163 Å². The summed E-state index contributed by atoms with van der Waals surface area (Å²) >= 11 is 5.64. The van der Waals surface area contributed by atoms with Crippen LogP contribution in [0.1, 0.15) is 18.5 Å². The lowest BCUT2D eigenvalue weighted by molar-refractivity contribution is 0.582. The number of nitrogens with one attached hydrogen (secondary N) is 2. The topological polar surface area (TPSA) is 87.2 Å². The number of nitrogens with zero attached hydrogens (tertiary/aromatic N) is 3. The first-order chi connectivity index (χ1) is 12.8. The summed E-state index contributed by atoms with van der Waals surface area (Å²) < 4.78 is 40.1. The van der Waals surface area contributed by atoms with Crippen molar-refractivity contribution in [3.8, 4) is 0 Å². The summed E-state index contributed by atoms with van der Waals surface area (Å²) in [5, 5.41) is 2.79. The maximum Gasteiger partial charge on any atom is 0.240 e. The van der Waals surface area contributed by atoms with E-state index < -0.39 is 15.8 Å². The minimum Gasteiger partial charge on any atom is -0.356 e. The molecule has 1 aliphatic heterocycles. The first-order valence-electron chi connectivity index (χ1n) is 8.64. The standard InChI is InChI=1S/C17H21ClFN5O2S/c1-12-10-16(24-8-2-3-9-24)23-17(22-12)20-6-7-21-27(25,26)13-4-5-15(19)14(18)11-13/h4-5,10-11,21H,2-3,6-9H2,1H3,(H,20,22,23). The van der Waals surface area contributed by atoms with Gasteiger partial charge in [-0.15, -0.1) is 0 Å². The van der Waals surface area contributed by atoms with Crippen LogP contribution in [-0.2, 0) is 10.0 Å². The molecule has 0 aliphatic carbocycles. The van der Waals surface area contributed by atoms with Gasteiger partial charge in [0.25, 0.3) is 0 Å². The summed E-state index contributed by atoms with van der Waals surface area (Å²) in [7, 11) is -3.77. The zero-order valence-electron chi connectivity index (χ0n) is 14.9. The predicted octanol–water partition coefficient (Wildman–Crippen LogP) is 2.57. The molecule has 2 N–H and O–H groups in total. The van der Waals surface area contributed by atoms with Gasteiger partial charge in [-0.1, -0.05) is 11.6 Å². The van der Waals surface area contributed by atoms with Gasteiger partial charge in [-0.25, -0.2) is 22.5 Å². The Morgan fingerprint density at radius 1 is 1.19 bits per heavy atom. The van der Waals surface area contributed by atoms with Crippen LogP contribution in [-0.4, -0.2) is 44.6 Å². The molecule has 0 atom stereocenters. The molecule has 2 aromatic rings. The second kappa shape index (κ2) is 8.37. The number of sulfonamides is 1. The highest BCUT2D eigenvalue weighted by molar-refractivity contribution is 7.89. The number of rotatable bonds is 7. The molecule has 2 heterocycles. The smallest absolute Gasteiger partial charge is 0.240 e. The molecular formula is C17H21ClFN5O2S. The van der Waals surface area contributed by atoms with E-state index in [-0.39, 0.29) is 16.5 Å². The molecule has 0 radical (unpaired) electrons. The van der Waals surface area contributed by atoms with Gasteiger partial charge in [0.15, 0.2) is 0 Å². The van der Waals surface area contributed by atoms with E-state index in [0.717, 1.165) is 49.6 Å². The molecule has 1 aliphatic rings. The number of halogens is 2. The van der Waals surface area contributed by atoms with Gasteiger partial charge >= 0.3 is 0 Å². The van der Waals surface area contributed by atoms with Crippen LogP contribution in [0.4, 0.5) is 16.2 Å².